The van der Waals surface area contributed by atoms with Crippen LogP contribution in [0.15, 0.2) is 23.1 Å². The maximum Gasteiger partial charge on any atom is 0.324 e. The number of aromatic nitrogens is 5. The zero-order valence-electron chi connectivity index (χ0n) is 14.0. The van der Waals surface area contributed by atoms with E-state index in [1.807, 2.05) is 7.05 Å². The van der Waals surface area contributed by atoms with E-state index in [0.717, 1.165) is 22.5 Å². The van der Waals surface area contributed by atoms with Crippen LogP contribution in [0.5, 0.6) is 0 Å². The minimum atomic E-state index is -0.190. The molecule has 1 saturated heterocycles. The molecule has 0 radical (unpaired) electrons. The number of anilines is 2. The average molecular weight is 342 g/mol. The van der Waals surface area contributed by atoms with E-state index in [9.17, 15) is 4.79 Å². The first-order chi connectivity index (χ1) is 12.1. The van der Waals surface area contributed by atoms with Crippen molar-refractivity contribution in [3.8, 4) is 0 Å². The number of nitrogens with one attached hydrogen (secondary N) is 1. The highest BCUT2D eigenvalue weighted by atomic mass is 16.5. The number of carbonyl (C=O) groups excluding carboxylic acids is 1. The number of hydrogen-bond acceptors (Lipinski definition) is 7. The maximum atomic E-state index is 12.3. The van der Waals surface area contributed by atoms with Crippen LogP contribution in [0, 0.1) is 6.92 Å². The summed E-state index contributed by atoms with van der Waals surface area (Å²) in [6.07, 6.45) is 3.32. The van der Waals surface area contributed by atoms with Gasteiger partial charge in [0.15, 0.2) is 5.65 Å². The number of nitrogens with zero attached hydrogens (tertiary/aromatic N) is 7. The van der Waals surface area contributed by atoms with Gasteiger partial charge in [-0.05, 0) is 6.92 Å². The van der Waals surface area contributed by atoms with Crippen molar-refractivity contribution in [3.63, 3.8) is 0 Å². The van der Waals surface area contributed by atoms with Crippen LogP contribution in [-0.4, -0.2) is 62.0 Å². The number of hydrogen-bond donors (Lipinski definition) is 1. The van der Waals surface area contributed by atoms with Crippen molar-refractivity contribution in [1.29, 1.82) is 0 Å². The number of piperazine rings is 1. The highest BCUT2D eigenvalue weighted by molar-refractivity contribution is 5.89. The van der Waals surface area contributed by atoms with Gasteiger partial charge in [-0.2, -0.15) is 5.10 Å². The van der Waals surface area contributed by atoms with Crippen LogP contribution in [0.2, 0.25) is 0 Å². The van der Waals surface area contributed by atoms with E-state index in [1.165, 1.54) is 0 Å². The molecule has 4 rings (SSSR count). The Hall–Kier alpha value is -3.17. The molecule has 3 aromatic rings. The van der Waals surface area contributed by atoms with Crippen molar-refractivity contribution in [1.82, 2.24) is 29.8 Å². The van der Waals surface area contributed by atoms with Gasteiger partial charge >= 0.3 is 6.03 Å². The normalized spacial score (nSPS) is 15.0. The molecule has 0 unspecified atom stereocenters. The van der Waals surface area contributed by atoms with E-state index < -0.39 is 0 Å². The number of fused-ring (bicyclic) bond motifs is 1. The lowest BCUT2D eigenvalue weighted by molar-refractivity contribution is 0.207. The Balaban J connectivity index is 1.43. The average Bonchev–Trinajstić information content (AvgIpc) is 3.21. The van der Waals surface area contributed by atoms with Gasteiger partial charge in [0.25, 0.3) is 0 Å². The van der Waals surface area contributed by atoms with E-state index in [2.05, 4.69) is 30.4 Å². The van der Waals surface area contributed by atoms with Crippen LogP contribution >= 0.6 is 0 Å². The van der Waals surface area contributed by atoms with Gasteiger partial charge in [0.2, 0.25) is 5.88 Å². The minimum Gasteiger partial charge on any atom is -0.352 e. The second kappa shape index (κ2) is 6.04. The van der Waals surface area contributed by atoms with Crippen LogP contribution in [-0.2, 0) is 7.05 Å². The zero-order chi connectivity index (χ0) is 17.4. The molecule has 130 valence electrons. The van der Waals surface area contributed by atoms with E-state index in [1.54, 1.807) is 35.1 Å². The first kappa shape index (κ1) is 15.4. The second-order valence-electron chi connectivity index (χ2n) is 5.94. The van der Waals surface area contributed by atoms with Crippen LogP contribution in [0.3, 0.4) is 0 Å². The van der Waals surface area contributed by atoms with Crippen molar-refractivity contribution in [2.75, 3.05) is 36.4 Å². The third kappa shape index (κ3) is 2.86. The van der Waals surface area contributed by atoms with Crippen LogP contribution < -0.4 is 10.2 Å². The molecule has 10 nitrogen and oxygen atoms in total. The van der Waals surface area contributed by atoms with Crippen LogP contribution in [0.1, 0.15) is 5.69 Å². The first-order valence-corrected chi connectivity index (χ1v) is 7.99. The summed E-state index contributed by atoms with van der Waals surface area (Å²) in [6, 6.07) is 1.50. The molecule has 0 aromatic carbocycles. The van der Waals surface area contributed by atoms with Crippen molar-refractivity contribution in [2.45, 2.75) is 6.92 Å². The molecular weight excluding hydrogens is 324 g/mol. The molecule has 1 aliphatic rings. The standard InChI is InChI=1S/C15H18N8O2/c1-10-7-12(25-20-10)19-15(24)23-5-3-22(4-6-23)14-11-8-18-21(2)13(11)16-9-17-14/h7-9H,3-6H2,1-2H3,(H,19,24). The molecule has 0 aliphatic carbocycles. The molecule has 4 heterocycles. The monoisotopic (exact) mass is 342 g/mol. The molecule has 1 fully saturated rings. The van der Waals surface area contributed by atoms with Crippen molar-refractivity contribution < 1.29 is 9.32 Å². The largest absolute Gasteiger partial charge is 0.352 e. The second-order valence-corrected chi connectivity index (χ2v) is 5.94. The summed E-state index contributed by atoms with van der Waals surface area (Å²) in [6.45, 7) is 4.35. The van der Waals surface area contributed by atoms with Crippen molar-refractivity contribution in [3.05, 3.63) is 24.3 Å². The van der Waals surface area contributed by atoms with Gasteiger partial charge < -0.3 is 14.3 Å². The Labute approximate surface area is 143 Å². The Morgan fingerprint density at radius 1 is 1.24 bits per heavy atom. The summed E-state index contributed by atoms with van der Waals surface area (Å²) in [7, 11) is 1.85. The van der Waals surface area contributed by atoms with Crippen molar-refractivity contribution in [2.24, 2.45) is 7.05 Å². The summed E-state index contributed by atoms with van der Waals surface area (Å²) < 4.78 is 6.75. The van der Waals surface area contributed by atoms with Gasteiger partial charge in [-0.1, -0.05) is 5.16 Å². The van der Waals surface area contributed by atoms with Gasteiger partial charge in [-0.3, -0.25) is 10.00 Å². The quantitative estimate of drug-likeness (QED) is 0.741. The first-order valence-electron chi connectivity index (χ1n) is 7.99. The van der Waals surface area contributed by atoms with E-state index in [4.69, 9.17) is 4.52 Å². The third-order valence-electron chi connectivity index (χ3n) is 4.23. The summed E-state index contributed by atoms with van der Waals surface area (Å²) in [4.78, 5) is 24.9. The van der Waals surface area contributed by atoms with Gasteiger partial charge in [0, 0.05) is 39.3 Å². The molecule has 1 aliphatic heterocycles. The summed E-state index contributed by atoms with van der Waals surface area (Å²) in [5.41, 5.74) is 1.52. The number of rotatable bonds is 2. The van der Waals surface area contributed by atoms with Gasteiger partial charge in [0.05, 0.1) is 17.3 Å². The fraction of sp³-hybridized carbons (Fsp3) is 0.400. The number of carbonyl (C=O) groups is 1. The molecule has 3 aromatic heterocycles. The van der Waals surface area contributed by atoms with Gasteiger partial charge in [-0.15, -0.1) is 0 Å². The van der Waals surface area contributed by atoms with Crippen LogP contribution in [0.25, 0.3) is 11.0 Å². The highest BCUT2D eigenvalue weighted by Crippen LogP contribution is 2.23. The Kier molecular flexibility index (Phi) is 3.71. The molecule has 0 spiro atoms. The predicted octanol–water partition coefficient (Wildman–Crippen LogP) is 1.01. The predicted molar refractivity (Wildman–Crippen MR) is 90.3 cm³/mol. The Morgan fingerprint density at radius 2 is 2.04 bits per heavy atom. The zero-order valence-corrected chi connectivity index (χ0v) is 14.0. The highest BCUT2D eigenvalue weighted by Gasteiger charge is 2.24. The van der Waals surface area contributed by atoms with Crippen LogP contribution in [0.4, 0.5) is 16.5 Å². The number of urea groups is 1. The Bertz CT molecular complexity index is 909. The molecule has 25 heavy (non-hydrogen) atoms. The molecule has 0 bridgehead atoms. The van der Waals surface area contributed by atoms with E-state index >= 15 is 0 Å². The maximum absolute atomic E-state index is 12.3. The fourth-order valence-electron chi connectivity index (χ4n) is 2.93. The molecular formula is C15H18N8O2. The van der Waals surface area contributed by atoms with Gasteiger partial charge in [0.1, 0.15) is 12.1 Å². The van der Waals surface area contributed by atoms with Gasteiger partial charge in [-0.25, -0.2) is 14.8 Å². The molecule has 2 amide bonds. The summed E-state index contributed by atoms with van der Waals surface area (Å²) in [5.74, 6) is 1.21. The molecule has 1 N–H and O–H groups in total. The molecule has 0 atom stereocenters. The summed E-state index contributed by atoms with van der Waals surface area (Å²) in [5, 5.41) is 11.6. The molecule has 0 saturated carbocycles. The van der Waals surface area contributed by atoms with Crippen molar-refractivity contribution >= 4 is 28.8 Å². The lowest BCUT2D eigenvalue weighted by atomic mass is 10.3. The third-order valence-corrected chi connectivity index (χ3v) is 4.23. The lowest BCUT2D eigenvalue weighted by Gasteiger charge is -2.35. The number of aryl methyl sites for hydroxylation is 2. The molecule has 10 heteroatoms. The minimum absolute atomic E-state index is 0.190. The lowest BCUT2D eigenvalue weighted by Crippen LogP contribution is -2.50. The topological polar surface area (TPSA) is 105 Å². The van der Waals surface area contributed by atoms with E-state index in [-0.39, 0.29) is 6.03 Å². The summed E-state index contributed by atoms with van der Waals surface area (Å²) >= 11 is 0. The fourth-order valence-corrected chi connectivity index (χ4v) is 2.93. The Morgan fingerprint density at radius 3 is 2.76 bits per heavy atom. The van der Waals surface area contributed by atoms with E-state index in [0.29, 0.717) is 32.1 Å². The SMILES string of the molecule is Cc1cc(NC(=O)N2CCN(c3ncnc4c3cnn4C)CC2)on1. The number of amides is 2. The smallest absolute Gasteiger partial charge is 0.324 e.